The second kappa shape index (κ2) is 5.11. The Bertz CT molecular complexity index is 542. The van der Waals surface area contributed by atoms with E-state index in [4.69, 9.17) is 5.73 Å². The minimum Gasteiger partial charge on any atom is -0.328 e. The van der Waals surface area contributed by atoms with E-state index in [1.807, 2.05) is 32.5 Å². The van der Waals surface area contributed by atoms with Crippen LogP contribution >= 0.6 is 11.8 Å². The average molecular weight is 266 g/mol. The summed E-state index contributed by atoms with van der Waals surface area (Å²) >= 11 is 1.52. The first-order valence-electron chi connectivity index (χ1n) is 5.82. The SMILES string of the molecule is Cc1nc(Sc2c(CC(C)N)c(C)nn2C)n[nH]1. The molecular formula is C11H18N6S. The highest BCUT2D eigenvalue weighted by atomic mass is 32.2. The third-order valence-electron chi connectivity index (χ3n) is 2.58. The molecule has 2 rings (SSSR count). The molecule has 18 heavy (non-hydrogen) atoms. The lowest BCUT2D eigenvalue weighted by Crippen LogP contribution is -2.18. The second-order valence-electron chi connectivity index (χ2n) is 4.48. The summed E-state index contributed by atoms with van der Waals surface area (Å²) < 4.78 is 1.86. The Morgan fingerprint density at radius 1 is 1.44 bits per heavy atom. The van der Waals surface area contributed by atoms with Crippen LogP contribution in [0.2, 0.25) is 0 Å². The third kappa shape index (κ3) is 2.73. The maximum atomic E-state index is 5.89. The van der Waals surface area contributed by atoms with Gasteiger partial charge in [-0.1, -0.05) is 0 Å². The lowest BCUT2D eigenvalue weighted by Gasteiger charge is -2.06. The standard InChI is InChI=1S/C11H18N6S/c1-6(12)5-9-7(2)16-17(4)10(9)18-11-13-8(3)14-15-11/h6H,5,12H2,1-4H3,(H,13,14,15). The van der Waals surface area contributed by atoms with E-state index in [0.717, 1.165) is 23.0 Å². The Morgan fingerprint density at radius 3 is 2.72 bits per heavy atom. The van der Waals surface area contributed by atoms with Crippen molar-refractivity contribution in [1.29, 1.82) is 0 Å². The van der Waals surface area contributed by atoms with Gasteiger partial charge in [0.25, 0.3) is 0 Å². The van der Waals surface area contributed by atoms with E-state index in [0.29, 0.717) is 5.16 Å². The predicted octanol–water partition coefficient (Wildman–Crippen LogP) is 1.20. The number of rotatable bonds is 4. The summed E-state index contributed by atoms with van der Waals surface area (Å²) in [5.41, 5.74) is 8.08. The van der Waals surface area contributed by atoms with Crippen molar-refractivity contribution >= 4 is 11.8 Å². The molecule has 0 radical (unpaired) electrons. The van der Waals surface area contributed by atoms with Crippen molar-refractivity contribution in [3.8, 4) is 0 Å². The van der Waals surface area contributed by atoms with E-state index in [1.54, 1.807) is 0 Å². The molecule has 1 atom stereocenters. The summed E-state index contributed by atoms with van der Waals surface area (Å²) in [4.78, 5) is 4.30. The lowest BCUT2D eigenvalue weighted by atomic mass is 10.1. The van der Waals surface area contributed by atoms with Crippen molar-refractivity contribution in [2.24, 2.45) is 12.8 Å². The first kappa shape index (κ1) is 13.1. The fourth-order valence-electron chi connectivity index (χ4n) is 1.82. The molecule has 0 fully saturated rings. The zero-order valence-electron chi connectivity index (χ0n) is 11.1. The molecule has 7 heteroatoms. The van der Waals surface area contributed by atoms with Crippen LogP contribution in [0.15, 0.2) is 10.2 Å². The number of hydrogen-bond donors (Lipinski definition) is 2. The number of nitrogens with one attached hydrogen (secondary N) is 1. The van der Waals surface area contributed by atoms with Gasteiger partial charge in [-0.05, 0) is 39.0 Å². The Kier molecular flexibility index (Phi) is 3.72. The molecule has 0 aliphatic heterocycles. The Balaban J connectivity index is 2.31. The average Bonchev–Trinajstić information content (AvgIpc) is 2.77. The smallest absolute Gasteiger partial charge is 0.214 e. The molecule has 0 saturated heterocycles. The summed E-state index contributed by atoms with van der Waals surface area (Å²) in [5, 5.41) is 13.2. The second-order valence-corrected chi connectivity index (χ2v) is 5.44. The van der Waals surface area contributed by atoms with E-state index < -0.39 is 0 Å². The molecule has 0 saturated carbocycles. The molecule has 1 unspecified atom stereocenters. The molecule has 0 aliphatic carbocycles. The molecule has 0 bridgehead atoms. The van der Waals surface area contributed by atoms with Crippen LogP contribution in [-0.4, -0.2) is 31.0 Å². The van der Waals surface area contributed by atoms with Crippen LogP contribution in [0, 0.1) is 13.8 Å². The van der Waals surface area contributed by atoms with Gasteiger partial charge in [-0.25, -0.2) is 4.98 Å². The molecule has 0 aromatic carbocycles. The fourth-order valence-corrected chi connectivity index (χ4v) is 2.79. The zero-order chi connectivity index (χ0) is 13.3. The summed E-state index contributed by atoms with van der Waals surface area (Å²) in [6.45, 7) is 5.89. The lowest BCUT2D eigenvalue weighted by molar-refractivity contribution is 0.676. The number of aryl methyl sites for hydroxylation is 3. The van der Waals surface area contributed by atoms with Crippen LogP contribution in [0.3, 0.4) is 0 Å². The molecule has 3 N–H and O–H groups in total. The Hall–Kier alpha value is -1.34. The summed E-state index contributed by atoms with van der Waals surface area (Å²) in [6, 6.07) is 0.112. The van der Waals surface area contributed by atoms with Crippen molar-refractivity contribution in [2.45, 2.75) is 43.4 Å². The van der Waals surface area contributed by atoms with Gasteiger partial charge in [-0.15, -0.1) is 5.10 Å². The molecular weight excluding hydrogens is 248 g/mol. The largest absolute Gasteiger partial charge is 0.328 e. The number of hydrogen-bond acceptors (Lipinski definition) is 5. The fraction of sp³-hybridized carbons (Fsp3) is 0.545. The summed E-state index contributed by atoms with van der Waals surface area (Å²) in [6.07, 6.45) is 0.811. The van der Waals surface area contributed by atoms with Crippen molar-refractivity contribution in [3.63, 3.8) is 0 Å². The zero-order valence-corrected chi connectivity index (χ0v) is 11.9. The maximum absolute atomic E-state index is 5.89. The van der Waals surface area contributed by atoms with E-state index in [9.17, 15) is 0 Å². The number of aromatic amines is 1. The number of H-pyrrole nitrogens is 1. The molecule has 0 spiro atoms. The monoisotopic (exact) mass is 266 g/mol. The van der Waals surface area contributed by atoms with Crippen LogP contribution in [0.5, 0.6) is 0 Å². The maximum Gasteiger partial charge on any atom is 0.214 e. The van der Waals surface area contributed by atoms with Gasteiger partial charge in [0.15, 0.2) is 0 Å². The normalized spacial score (nSPS) is 12.9. The minimum atomic E-state index is 0.112. The van der Waals surface area contributed by atoms with E-state index in [-0.39, 0.29) is 6.04 Å². The summed E-state index contributed by atoms with van der Waals surface area (Å²) in [7, 11) is 1.93. The van der Waals surface area contributed by atoms with Crippen LogP contribution in [0.1, 0.15) is 24.0 Å². The number of nitrogens with two attached hydrogens (primary N) is 1. The van der Waals surface area contributed by atoms with Gasteiger partial charge in [-0.2, -0.15) is 5.10 Å². The van der Waals surface area contributed by atoms with Gasteiger partial charge in [-0.3, -0.25) is 9.78 Å². The molecule has 2 aromatic heterocycles. The highest BCUT2D eigenvalue weighted by Crippen LogP contribution is 2.30. The Labute approximate surface area is 110 Å². The van der Waals surface area contributed by atoms with Crippen LogP contribution in [0.25, 0.3) is 0 Å². The van der Waals surface area contributed by atoms with E-state index in [1.165, 1.54) is 17.3 Å². The van der Waals surface area contributed by atoms with Gasteiger partial charge in [0.2, 0.25) is 5.16 Å². The quantitative estimate of drug-likeness (QED) is 0.868. The van der Waals surface area contributed by atoms with Gasteiger partial charge >= 0.3 is 0 Å². The molecule has 2 heterocycles. The predicted molar refractivity (Wildman–Crippen MR) is 70.5 cm³/mol. The van der Waals surface area contributed by atoms with Crippen molar-refractivity contribution in [2.75, 3.05) is 0 Å². The van der Waals surface area contributed by atoms with Crippen LogP contribution in [-0.2, 0) is 13.5 Å². The van der Waals surface area contributed by atoms with Crippen LogP contribution < -0.4 is 5.73 Å². The molecule has 2 aromatic rings. The van der Waals surface area contributed by atoms with Crippen molar-refractivity contribution in [1.82, 2.24) is 25.0 Å². The van der Waals surface area contributed by atoms with E-state index >= 15 is 0 Å². The highest BCUT2D eigenvalue weighted by molar-refractivity contribution is 7.99. The van der Waals surface area contributed by atoms with Gasteiger partial charge in [0.1, 0.15) is 10.9 Å². The number of nitrogens with zero attached hydrogens (tertiary/aromatic N) is 4. The van der Waals surface area contributed by atoms with Gasteiger partial charge in [0, 0.05) is 18.7 Å². The van der Waals surface area contributed by atoms with Gasteiger partial charge < -0.3 is 5.73 Å². The minimum absolute atomic E-state index is 0.112. The topological polar surface area (TPSA) is 85.4 Å². The molecule has 6 nitrogen and oxygen atoms in total. The molecule has 0 amide bonds. The first-order chi connectivity index (χ1) is 8.47. The summed E-state index contributed by atoms with van der Waals surface area (Å²) in [5.74, 6) is 0.810. The van der Waals surface area contributed by atoms with Crippen molar-refractivity contribution < 1.29 is 0 Å². The van der Waals surface area contributed by atoms with E-state index in [2.05, 4.69) is 20.3 Å². The van der Waals surface area contributed by atoms with Crippen molar-refractivity contribution in [3.05, 3.63) is 17.1 Å². The van der Waals surface area contributed by atoms with Crippen LogP contribution in [0.4, 0.5) is 0 Å². The highest BCUT2D eigenvalue weighted by Gasteiger charge is 2.17. The third-order valence-corrected chi connectivity index (χ3v) is 3.65. The molecule has 0 aliphatic rings. The first-order valence-corrected chi connectivity index (χ1v) is 6.64. The Morgan fingerprint density at radius 2 is 2.17 bits per heavy atom. The van der Waals surface area contributed by atoms with Gasteiger partial charge in [0.05, 0.1) is 5.69 Å². The number of aromatic nitrogens is 5. The molecule has 98 valence electrons.